The van der Waals surface area contributed by atoms with Gasteiger partial charge in [-0.2, -0.15) is 0 Å². The minimum atomic E-state index is 0.618. The van der Waals surface area contributed by atoms with Crippen LogP contribution in [0.4, 0.5) is 0 Å². The van der Waals surface area contributed by atoms with Crippen LogP contribution in [0.1, 0.15) is 36.6 Å². The molecule has 2 nitrogen and oxygen atoms in total. The van der Waals surface area contributed by atoms with Crippen LogP contribution in [0.15, 0.2) is 18.3 Å². The molecule has 0 unspecified atom stereocenters. The molecule has 0 atom stereocenters. The number of hydrogen-bond acceptors (Lipinski definition) is 1. The van der Waals surface area contributed by atoms with E-state index in [4.69, 9.17) is 11.6 Å². The normalized spacial score (nSPS) is 16.9. The summed E-state index contributed by atoms with van der Waals surface area (Å²) in [4.78, 5) is 4.48. The number of imidazole rings is 1. The fourth-order valence-electron chi connectivity index (χ4n) is 2.13. The van der Waals surface area contributed by atoms with Crippen LogP contribution >= 0.6 is 11.6 Å². The summed E-state index contributed by atoms with van der Waals surface area (Å²) in [7, 11) is 0. The fraction of sp³-hybridized carbons (Fsp3) is 0.417. The Balaban J connectivity index is 2.22. The van der Waals surface area contributed by atoms with Gasteiger partial charge in [-0.3, -0.25) is 0 Å². The van der Waals surface area contributed by atoms with Crippen molar-refractivity contribution in [1.29, 1.82) is 0 Å². The zero-order chi connectivity index (χ0) is 10.4. The van der Waals surface area contributed by atoms with Crippen LogP contribution in [0.5, 0.6) is 0 Å². The maximum Gasteiger partial charge on any atom is 0.155 e. The highest BCUT2D eigenvalue weighted by atomic mass is 35.5. The van der Waals surface area contributed by atoms with Crippen LogP contribution in [0.3, 0.4) is 0 Å². The lowest BCUT2D eigenvalue weighted by atomic mass is 9.85. The third-order valence-electron chi connectivity index (χ3n) is 3.25. The Kier molecular flexibility index (Phi) is 1.99. The van der Waals surface area contributed by atoms with Crippen molar-refractivity contribution < 1.29 is 0 Å². The monoisotopic (exact) mass is 220 g/mol. The molecule has 15 heavy (non-hydrogen) atoms. The average Bonchev–Trinajstić information content (AvgIpc) is 2.41. The first-order valence-electron chi connectivity index (χ1n) is 5.40. The molecule has 78 valence electrons. The number of pyridine rings is 1. The summed E-state index contributed by atoms with van der Waals surface area (Å²) in [6.45, 7) is 2.08. The zero-order valence-electron chi connectivity index (χ0n) is 8.70. The van der Waals surface area contributed by atoms with Crippen molar-refractivity contribution in [1.82, 2.24) is 9.38 Å². The predicted molar refractivity (Wildman–Crippen MR) is 61.5 cm³/mol. The van der Waals surface area contributed by atoms with Crippen molar-refractivity contribution in [2.45, 2.75) is 32.1 Å². The van der Waals surface area contributed by atoms with Gasteiger partial charge in [-0.1, -0.05) is 18.0 Å². The molecule has 1 saturated carbocycles. The number of hydrogen-bond donors (Lipinski definition) is 0. The highest BCUT2D eigenvalue weighted by Gasteiger charge is 2.24. The van der Waals surface area contributed by atoms with E-state index in [1.807, 2.05) is 0 Å². The van der Waals surface area contributed by atoms with Gasteiger partial charge in [0.2, 0.25) is 0 Å². The van der Waals surface area contributed by atoms with E-state index in [1.54, 1.807) is 0 Å². The molecule has 0 saturated heterocycles. The van der Waals surface area contributed by atoms with Crippen LogP contribution in [-0.2, 0) is 0 Å². The van der Waals surface area contributed by atoms with Crippen LogP contribution in [-0.4, -0.2) is 9.38 Å². The fourth-order valence-corrected chi connectivity index (χ4v) is 2.36. The lowest BCUT2D eigenvalue weighted by molar-refractivity contribution is 0.400. The first kappa shape index (κ1) is 9.22. The number of halogens is 1. The van der Waals surface area contributed by atoms with Gasteiger partial charge in [0.05, 0.1) is 5.52 Å². The van der Waals surface area contributed by atoms with Gasteiger partial charge < -0.3 is 4.40 Å². The van der Waals surface area contributed by atoms with Gasteiger partial charge in [0, 0.05) is 12.1 Å². The van der Waals surface area contributed by atoms with Crippen LogP contribution < -0.4 is 0 Å². The van der Waals surface area contributed by atoms with E-state index in [9.17, 15) is 0 Å². The van der Waals surface area contributed by atoms with Crippen LogP contribution in [0.25, 0.3) is 5.52 Å². The first-order valence-corrected chi connectivity index (χ1v) is 5.77. The maximum absolute atomic E-state index is 6.14. The molecule has 2 aromatic heterocycles. The average molecular weight is 221 g/mol. The van der Waals surface area contributed by atoms with E-state index in [2.05, 4.69) is 34.6 Å². The lowest BCUT2D eigenvalue weighted by Gasteiger charge is -2.23. The maximum atomic E-state index is 6.14. The molecule has 0 N–H and O–H groups in total. The number of aryl methyl sites for hydroxylation is 1. The molecule has 0 spiro atoms. The Labute approximate surface area is 93.9 Å². The van der Waals surface area contributed by atoms with E-state index >= 15 is 0 Å². The Hall–Kier alpha value is -1.02. The van der Waals surface area contributed by atoms with Gasteiger partial charge in [0.1, 0.15) is 5.82 Å². The van der Waals surface area contributed by atoms with Crippen LogP contribution in [0, 0.1) is 6.92 Å². The second-order valence-corrected chi connectivity index (χ2v) is 4.71. The zero-order valence-corrected chi connectivity index (χ0v) is 9.46. The molecule has 0 amide bonds. The molecular formula is C12H13ClN2. The molecule has 0 bridgehead atoms. The van der Waals surface area contributed by atoms with Crippen molar-refractivity contribution in [3.8, 4) is 0 Å². The van der Waals surface area contributed by atoms with E-state index in [1.165, 1.54) is 24.8 Å². The molecule has 2 heterocycles. The van der Waals surface area contributed by atoms with Crippen LogP contribution in [0.2, 0.25) is 5.15 Å². The topological polar surface area (TPSA) is 17.3 Å². The number of nitrogens with zero attached hydrogens (tertiary/aromatic N) is 2. The van der Waals surface area contributed by atoms with Gasteiger partial charge >= 0.3 is 0 Å². The molecule has 0 aliphatic heterocycles. The van der Waals surface area contributed by atoms with E-state index < -0.39 is 0 Å². The molecule has 3 rings (SSSR count). The first-order chi connectivity index (χ1) is 7.25. The summed E-state index contributed by atoms with van der Waals surface area (Å²) in [5.74, 6) is 1.76. The molecule has 1 aliphatic carbocycles. The third-order valence-corrected chi connectivity index (χ3v) is 3.53. The molecule has 0 aromatic carbocycles. The van der Waals surface area contributed by atoms with Crippen molar-refractivity contribution in [3.05, 3.63) is 34.9 Å². The quantitative estimate of drug-likeness (QED) is 0.718. The highest BCUT2D eigenvalue weighted by Crippen LogP contribution is 2.37. The minimum absolute atomic E-state index is 0.618. The summed E-state index contributed by atoms with van der Waals surface area (Å²) >= 11 is 6.14. The third kappa shape index (κ3) is 1.36. The number of aromatic nitrogens is 2. The smallest absolute Gasteiger partial charge is 0.155 e. The summed E-state index contributed by atoms with van der Waals surface area (Å²) in [5.41, 5.74) is 2.27. The minimum Gasteiger partial charge on any atom is -0.302 e. The summed E-state index contributed by atoms with van der Waals surface area (Å²) < 4.78 is 2.14. The van der Waals surface area contributed by atoms with Gasteiger partial charge in [-0.25, -0.2) is 4.98 Å². The lowest BCUT2D eigenvalue weighted by Crippen LogP contribution is -2.12. The Bertz CT molecular complexity index is 512. The van der Waals surface area contributed by atoms with E-state index in [0.29, 0.717) is 11.1 Å². The number of fused-ring (bicyclic) bond motifs is 1. The van der Waals surface area contributed by atoms with Crippen molar-refractivity contribution in [3.63, 3.8) is 0 Å². The molecule has 2 aromatic rings. The largest absolute Gasteiger partial charge is 0.302 e. The molecule has 1 fully saturated rings. The molecule has 1 aliphatic rings. The second-order valence-electron chi connectivity index (χ2n) is 4.35. The van der Waals surface area contributed by atoms with Crippen molar-refractivity contribution >= 4 is 17.1 Å². The Morgan fingerprint density at radius 1 is 1.47 bits per heavy atom. The summed E-state index contributed by atoms with van der Waals surface area (Å²) in [6.07, 6.45) is 5.91. The standard InChI is InChI=1S/C12H13ClN2/c1-8-5-6-15-10(7-8)11(13)14-12(15)9-3-2-4-9/h5-7,9H,2-4H2,1H3. The second kappa shape index (κ2) is 3.24. The van der Waals surface area contributed by atoms with E-state index in [0.717, 1.165) is 11.3 Å². The molecule has 3 heteroatoms. The highest BCUT2D eigenvalue weighted by molar-refractivity contribution is 6.32. The number of rotatable bonds is 1. The van der Waals surface area contributed by atoms with Gasteiger partial charge in [0.25, 0.3) is 0 Å². The summed E-state index contributed by atoms with van der Waals surface area (Å²) in [6, 6.07) is 4.20. The van der Waals surface area contributed by atoms with Crippen molar-refractivity contribution in [2.24, 2.45) is 0 Å². The predicted octanol–water partition coefficient (Wildman–Crippen LogP) is 3.56. The summed E-state index contributed by atoms with van der Waals surface area (Å²) in [5, 5.41) is 0.639. The van der Waals surface area contributed by atoms with Gasteiger partial charge in [0.15, 0.2) is 5.15 Å². The molecule has 0 radical (unpaired) electrons. The Morgan fingerprint density at radius 3 is 2.93 bits per heavy atom. The van der Waals surface area contributed by atoms with Gasteiger partial charge in [-0.05, 0) is 37.5 Å². The van der Waals surface area contributed by atoms with Crippen molar-refractivity contribution in [2.75, 3.05) is 0 Å². The van der Waals surface area contributed by atoms with E-state index in [-0.39, 0.29) is 0 Å². The molecular weight excluding hydrogens is 208 g/mol. The van der Waals surface area contributed by atoms with Gasteiger partial charge in [-0.15, -0.1) is 0 Å². The SMILES string of the molecule is Cc1ccn2c(C3CCC3)nc(Cl)c2c1. The Morgan fingerprint density at radius 2 is 2.27 bits per heavy atom.